The van der Waals surface area contributed by atoms with Gasteiger partial charge in [0.25, 0.3) is 5.91 Å². The molecule has 0 aromatic carbocycles. The maximum Gasteiger partial charge on any atom is 0.300 e. The highest BCUT2D eigenvalue weighted by Gasteiger charge is 2.21. The fourth-order valence-corrected chi connectivity index (χ4v) is 2.17. The minimum Gasteiger partial charge on any atom is -0.476 e. The summed E-state index contributed by atoms with van der Waals surface area (Å²) in [6, 6.07) is 1.38. The van der Waals surface area contributed by atoms with Crippen LogP contribution in [0.2, 0.25) is 0 Å². The molecule has 2 aromatic heterocycles. The highest BCUT2D eigenvalue weighted by atomic mass is 19.1. The summed E-state index contributed by atoms with van der Waals surface area (Å²) in [5.41, 5.74) is 5.02. The van der Waals surface area contributed by atoms with Crippen molar-refractivity contribution in [1.82, 2.24) is 9.38 Å². The van der Waals surface area contributed by atoms with Crippen molar-refractivity contribution in [2.75, 3.05) is 6.61 Å². The fraction of sp³-hybridized carbons (Fsp3) is 0.438. The number of nitrogens with zero attached hydrogens (tertiary/aromatic N) is 2. The van der Waals surface area contributed by atoms with E-state index >= 15 is 0 Å². The minimum absolute atomic E-state index is 0.0636. The molecule has 2 N–H and O–H groups in total. The first-order chi connectivity index (χ1) is 10.6. The number of pyridine rings is 1. The molecule has 1 amide bonds. The molecular weight excluding hydrogens is 301 g/mol. The highest BCUT2D eigenvalue weighted by Crippen LogP contribution is 2.24. The van der Waals surface area contributed by atoms with E-state index in [0.717, 1.165) is 4.40 Å². The van der Waals surface area contributed by atoms with Crippen molar-refractivity contribution in [2.24, 2.45) is 5.73 Å². The van der Waals surface area contributed by atoms with Crippen LogP contribution in [0.5, 0.6) is 5.75 Å². The van der Waals surface area contributed by atoms with Gasteiger partial charge in [-0.15, -0.1) is 0 Å². The average molecular weight is 321 g/mol. The SMILES string of the molecule is CCc1nc2c(F)cc(C(C)(C)C)cn2c(=O)c1OCC(N)=O. The lowest BCUT2D eigenvalue weighted by Gasteiger charge is -2.20. The highest BCUT2D eigenvalue weighted by molar-refractivity contribution is 5.75. The molecule has 0 aliphatic carbocycles. The summed E-state index contributed by atoms with van der Waals surface area (Å²) >= 11 is 0. The summed E-state index contributed by atoms with van der Waals surface area (Å²) in [5, 5.41) is 0. The quantitative estimate of drug-likeness (QED) is 0.926. The average Bonchev–Trinajstić information content (AvgIpc) is 2.45. The second-order valence-electron chi connectivity index (χ2n) is 6.32. The Morgan fingerprint density at radius 3 is 2.61 bits per heavy atom. The van der Waals surface area contributed by atoms with E-state index in [4.69, 9.17) is 10.5 Å². The lowest BCUT2D eigenvalue weighted by atomic mass is 9.88. The van der Waals surface area contributed by atoms with Crippen molar-refractivity contribution >= 4 is 11.6 Å². The van der Waals surface area contributed by atoms with Gasteiger partial charge in [-0.3, -0.25) is 14.0 Å². The van der Waals surface area contributed by atoms with Crippen molar-refractivity contribution in [3.63, 3.8) is 0 Å². The number of aromatic nitrogens is 2. The van der Waals surface area contributed by atoms with E-state index in [1.54, 1.807) is 13.1 Å². The third kappa shape index (κ3) is 3.33. The van der Waals surface area contributed by atoms with E-state index in [-0.39, 0.29) is 16.8 Å². The van der Waals surface area contributed by atoms with E-state index in [1.807, 2.05) is 20.8 Å². The normalized spacial score (nSPS) is 11.7. The molecule has 23 heavy (non-hydrogen) atoms. The monoisotopic (exact) mass is 321 g/mol. The van der Waals surface area contributed by atoms with Crippen LogP contribution in [-0.4, -0.2) is 21.9 Å². The number of nitrogens with two attached hydrogens (primary N) is 1. The number of aryl methyl sites for hydroxylation is 1. The first kappa shape index (κ1) is 16.9. The Morgan fingerprint density at radius 1 is 1.43 bits per heavy atom. The van der Waals surface area contributed by atoms with Gasteiger partial charge in [-0.05, 0) is 23.5 Å². The first-order valence-corrected chi connectivity index (χ1v) is 7.31. The molecule has 0 aliphatic heterocycles. The smallest absolute Gasteiger partial charge is 0.300 e. The standard InChI is InChI=1S/C16H20FN3O3/c1-5-11-13(23-8-12(18)21)15(22)20-7-9(16(2,3)4)6-10(17)14(20)19-11/h6-7H,5,8H2,1-4H3,(H2,18,21). The van der Waals surface area contributed by atoms with Gasteiger partial charge in [-0.2, -0.15) is 0 Å². The third-order valence-electron chi connectivity index (χ3n) is 3.47. The van der Waals surface area contributed by atoms with Crippen molar-refractivity contribution in [3.05, 3.63) is 39.7 Å². The zero-order valence-corrected chi connectivity index (χ0v) is 13.6. The molecule has 0 unspecified atom stereocenters. The summed E-state index contributed by atoms with van der Waals surface area (Å²) in [6.07, 6.45) is 1.91. The van der Waals surface area contributed by atoms with Crippen LogP contribution in [0.3, 0.4) is 0 Å². The lowest BCUT2D eigenvalue weighted by molar-refractivity contribution is -0.119. The lowest BCUT2D eigenvalue weighted by Crippen LogP contribution is -2.27. The van der Waals surface area contributed by atoms with Crippen LogP contribution in [0.15, 0.2) is 17.1 Å². The summed E-state index contributed by atoms with van der Waals surface area (Å²) in [5.74, 6) is -1.36. The van der Waals surface area contributed by atoms with Gasteiger partial charge in [0.1, 0.15) is 0 Å². The summed E-state index contributed by atoms with van der Waals surface area (Å²) in [7, 11) is 0. The van der Waals surface area contributed by atoms with Gasteiger partial charge in [-0.25, -0.2) is 9.37 Å². The Kier molecular flexibility index (Phi) is 4.40. The van der Waals surface area contributed by atoms with Crippen LogP contribution in [0, 0.1) is 5.82 Å². The van der Waals surface area contributed by atoms with E-state index in [9.17, 15) is 14.0 Å². The number of ether oxygens (including phenoxy) is 1. The molecule has 0 saturated heterocycles. The van der Waals surface area contributed by atoms with Crippen LogP contribution in [0.1, 0.15) is 39.0 Å². The number of carbonyl (C=O) groups excluding carboxylic acids is 1. The molecule has 0 bridgehead atoms. The Labute approximate surface area is 133 Å². The Morgan fingerprint density at radius 2 is 2.09 bits per heavy atom. The van der Waals surface area contributed by atoms with Crippen LogP contribution in [0.25, 0.3) is 5.65 Å². The second-order valence-corrected chi connectivity index (χ2v) is 6.32. The number of rotatable bonds is 4. The molecular formula is C16H20FN3O3. The van der Waals surface area contributed by atoms with Crippen molar-refractivity contribution in [3.8, 4) is 5.75 Å². The topological polar surface area (TPSA) is 86.7 Å². The summed E-state index contributed by atoms with van der Waals surface area (Å²) in [4.78, 5) is 27.7. The van der Waals surface area contributed by atoms with Crippen LogP contribution < -0.4 is 16.0 Å². The maximum atomic E-state index is 14.4. The molecule has 2 heterocycles. The van der Waals surface area contributed by atoms with E-state index in [1.165, 1.54) is 6.07 Å². The van der Waals surface area contributed by atoms with Crippen molar-refractivity contribution in [2.45, 2.75) is 39.5 Å². The third-order valence-corrected chi connectivity index (χ3v) is 3.47. The van der Waals surface area contributed by atoms with Crippen molar-refractivity contribution in [1.29, 1.82) is 0 Å². The van der Waals surface area contributed by atoms with Gasteiger partial charge in [-0.1, -0.05) is 27.7 Å². The van der Waals surface area contributed by atoms with Gasteiger partial charge in [0, 0.05) is 6.20 Å². The Balaban J connectivity index is 2.75. The second kappa shape index (κ2) is 5.98. The fourth-order valence-electron chi connectivity index (χ4n) is 2.17. The number of amides is 1. The van der Waals surface area contributed by atoms with Gasteiger partial charge in [0.05, 0.1) is 5.69 Å². The van der Waals surface area contributed by atoms with E-state index in [2.05, 4.69) is 4.98 Å². The zero-order chi connectivity index (χ0) is 17.4. The summed E-state index contributed by atoms with van der Waals surface area (Å²) in [6.45, 7) is 7.07. The molecule has 0 atom stereocenters. The van der Waals surface area contributed by atoms with Gasteiger partial charge < -0.3 is 10.5 Å². The maximum absolute atomic E-state index is 14.4. The minimum atomic E-state index is -0.703. The molecule has 124 valence electrons. The van der Waals surface area contributed by atoms with Gasteiger partial charge >= 0.3 is 5.56 Å². The summed E-state index contributed by atoms with van der Waals surface area (Å²) < 4.78 is 20.7. The molecule has 0 fully saturated rings. The molecule has 0 saturated carbocycles. The van der Waals surface area contributed by atoms with E-state index < -0.39 is 23.9 Å². The molecule has 0 spiro atoms. The number of primary amides is 1. The number of carbonyl (C=O) groups is 1. The molecule has 0 aliphatic rings. The number of halogens is 1. The molecule has 0 radical (unpaired) electrons. The molecule has 7 heteroatoms. The largest absolute Gasteiger partial charge is 0.476 e. The molecule has 2 aromatic rings. The van der Waals surface area contributed by atoms with Crippen molar-refractivity contribution < 1.29 is 13.9 Å². The first-order valence-electron chi connectivity index (χ1n) is 7.31. The predicted octanol–water partition coefficient (Wildman–Crippen LogP) is 1.56. The molecule has 6 nitrogen and oxygen atoms in total. The number of hydrogen-bond acceptors (Lipinski definition) is 4. The Hall–Kier alpha value is -2.44. The number of fused-ring (bicyclic) bond motifs is 1. The van der Waals surface area contributed by atoms with Gasteiger partial charge in [0.2, 0.25) is 5.75 Å². The van der Waals surface area contributed by atoms with Gasteiger partial charge in [0.15, 0.2) is 18.1 Å². The Bertz CT molecular complexity index is 822. The van der Waals surface area contributed by atoms with Crippen LogP contribution in [0.4, 0.5) is 4.39 Å². The van der Waals surface area contributed by atoms with Crippen LogP contribution >= 0.6 is 0 Å². The zero-order valence-electron chi connectivity index (χ0n) is 13.6. The number of hydrogen-bond donors (Lipinski definition) is 1. The van der Waals surface area contributed by atoms with Crippen LogP contribution in [-0.2, 0) is 16.6 Å². The predicted molar refractivity (Wildman–Crippen MR) is 84.2 cm³/mol. The van der Waals surface area contributed by atoms with E-state index in [0.29, 0.717) is 17.7 Å². The molecule has 2 rings (SSSR count).